The van der Waals surface area contributed by atoms with E-state index in [1.165, 1.54) is 7.11 Å². The molecule has 29 heavy (non-hydrogen) atoms. The molecule has 0 bridgehead atoms. The number of imide groups is 1. The summed E-state index contributed by atoms with van der Waals surface area (Å²) in [4.78, 5) is 49.3. The van der Waals surface area contributed by atoms with Crippen molar-refractivity contribution in [1.29, 1.82) is 0 Å². The first kappa shape index (κ1) is 22.2. The van der Waals surface area contributed by atoms with Gasteiger partial charge in [-0.15, -0.1) is 0 Å². The van der Waals surface area contributed by atoms with Gasteiger partial charge in [0.15, 0.2) is 6.61 Å². The first-order valence-electron chi connectivity index (χ1n) is 9.49. The molecular weight excluding hydrogens is 378 g/mol. The highest BCUT2D eigenvalue weighted by Crippen LogP contribution is 2.23. The number of urea groups is 1. The van der Waals surface area contributed by atoms with Gasteiger partial charge in [-0.05, 0) is 19.4 Å². The van der Waals surface area contributed by atoms with E-state index in [2.05, 4.69) is 10.6 Å². The predicted octanol–water partition coefficient (Wildman–Crippen LogP) is 1.36. The number of hydrogen-bond donors (Lipinski definition) is 2. The van der Waals surface area contributed by atoms with Crippen LogP contribution >= 0.6 is 0 Å². The maximum absolute atomic E-state index is 12.5. The number of hydrogen-bond acceptors (Lipinski definition) is 6. The van der Waals surface area contributed by atoms with Crippen LogP contribution in [0.25, 0.3) is 0 Å². The molecule has 1 aliphatic rings. The second kappa shape index (κ2) is 9.90. The van der Waals surface area contributed by atoms with E-state index in [0.29, 0.717) is 12.2 Å². The monoisotopic (exact) mass is 405 g/mol. The molecule has 1 aromatic rings. The topological polar surface area (TPSA) is 114 Å². The summed E-state index contributed by atoms with van der Waals surface area (Å²) in [5.74, 6) is -1.17. The lowest BCUT2D eigenvalue weighted by atomic mass is 9.95. The van der Waals surface area contributed by atoms with Crippen molar-refractivity contribution in [3.8, 4) is 5.75 Å². The van der Waals surface area contributed by atoms with Crippen LogP contribution in [0.15, 0.2) is 24.3 Å². The fourth-order valence-corrected chi connectivity index (χ4v) is 3.01. The lowest BCUT2D eigenvalue weighted by Crippen LogP contribution is -2.44. The van der Waals surface area contributed by atoms with Crippen molar-refractivity contribution >= 4 is 23.8 Å². The van der Waals surface area contributed by atoms with Crippen LogP contribution in [0.5, 0.6) is 5.75 Å². The Hall–Kier alpha value is -3.10. The van der Waals surface area contributed by atoms with E-state index in [1.54, 1.807) is 19.1 Å². The maximum Gasteiger partial charge on any atom is 0.326 e. The highest BCUT2D eigenvalue weighted by atomic mass is 16.5. The number of carbonyl (C=O) groups is 4. The zero-order valence-corrected chi connectivity index (χ0v) is 16.9. The van der Waals surface area contributed by atoms with Gasteiger partial charge in [-0.3, -0.25) is 19.3 Å². The quantitative estimate of drug-likeness (QED) is 0.449. The third-order valence-corrected chi connectivity index (χ3v) is 4.70. The number of rotatable bonds is 10. The van der Waals surface area contributed by atoms with Gasteiger partial charge in [0.25, 0.3) is 11.8 Å². The van der Waals surface area contributed by atoms with Crippen molar-refractivity contribution in [2.75, 3.05) is 20.3 Å². The van der Waals surface area contributed by atoms with Crippen molar-refractivity contribution in [1.82, 2.24) is 15.5 Å². The SMILES string of the molecule is CCCC[C@]1(C)NC(=O)N(CC(=O)OCC(=O)NCc2ccccc2OC)C1=O. The Balaban J connectivity index is 1.80. The summed E-state index contributed by atoms with van der Waals surface area (Å²) in [6.07, 6.45) is 2.14. The van der Waals surface area contributed by atoms with Crippen LogP contribution in [0, 0.1) is 0 Å². The number of ether oxygens (including phenoxy) is 2. The van der Waals surface area contributed by atoms with Gasteiger partial charge in [0.2, 0.25) is 0 Å². The molecule has 9 heteroatoms. The molecule has 4 amide bonds. The smallest absolute Gasteiger partial charge is 0.326 e. The van der Waals surface area contributed by atoms with Gasteiger partial charge in [-0.2, -0.15) is 0 Å². The number of nitrogens with zero attached hydrogens (tertiary/aromatic N) is 1. The summed E-state index contributed by atoms with van der Waals surface area (Å²) >= 11 is 0. The van der Waals surface area contributed by atoms with E-state index in [0.717, 1.165) is 23.3 Å². The number of benzene rings is 1. The van der Waals surface area contributed by atoms with Crippen LogP contribution in [0.3, 0.4) is 0 Å². The van der Waals surface area contributed by atoms with Crippen molar-refractivity contribution in [2.24, 2.45) is 0 Å². The fourth-order valence-electron chi connectivity index (χ4n) is 3.01. The minimum Gasteiger partial charge on any atom is -0.496 e. The molecule has 1 saturated heterocycles. The number of nitrogens with one attached hydrogen (secondary N) is 2. The average Bonchev–Trinajstić information content (AvgIpc) is 2.92. The molecule has 2 rings (SSSR count). The minimum absolute atomic E-state index is 0.212. The van der Waals surface area contributed by atoms with E-state index in [4.69, 9.17) is 9.47 Å². The molecule has 0 radical (unpaired) electrons. The van der Waals surface area contributed by atoms with Gasteiger partial charge in [0.05, 0.1) is 7.11 Å². The summed E-state index contributed by atoms with van der Waals surface area (Å²) in [5, 5.41) is 5.24. The number of para-hydroxylation sites is 1. The molecule has 2 N–H and O–H groups in total. The highest BCUT2D eigenvalue weighted by Gasteiger charge is 2.47. The molecule has 1 heterocycles. The van der Waals surface area contributed by atoms with Gasteiger partial charge < -0.3 is 20.1 Å². The third-order valence-electron chi connectivity index (χ3n) is 4.70. The highest BCUT2D eigenvalue weighted by molar-refractivity contribution is 6.08. The first-order valence-corrected chi connectivity index (χ1v) is 9.49. The molecule has 0 saturated carbocycles. The van der Waals surface area contributed by atoms with E-state index in [-0.39, 0.29) is 6.54 Å². The van der Waals surface area contributed by atoms with Crippen molar-refractivity contribution in [2.45, 2.75) is 45.2 Å². The number of carbonyl (C=O) groups excluding carboxylic acids is 4. The fraction of sp³-hybridized carbons (Fsp3) is 0.500. The summed E-state index contributed by atoms with van der Waals surface area (Å²) in [7, 11) is 1.53. The molecule has 0 aromatic heterocycles. The summed E-state index contributed by atoms with van der Waals surface area (Å²) in [6.45, 7) is 2.79. The Labute approximate surface area is 169 Å². The zero-order chi connectivity index (χ0) is 21.4. The standard InChI is InChI=1S/C20H27N3O6/c1-4-5-10-20(2)18(26)23(19(27)22-20)12-17(25)29-13-16(24)21-11-14-8-6-7-9-15(14)28-3/h6-9H,4-5,10-13H2,1-3H3,(H,21,24)(H,22,27)/t20-/m0/s1. The largest absolute Gasteiger partial charge is 0.496 e. The minimum atomic E-state index is -1.01. The van der Waals surface area contributed by atoms with E-state index in [1.807, 2.05) is 19.1 Å². The molecule has 1 aromatic carbocycles. The van der Waals surface area contributed by atoms with Crippen LogP contribution in [-0.2, 0) is 25.7 Å². The lowest BCUT2D eigenvalue weighted by molar-refractivity contribution is -0.151. The third kappa shape index (κ3) is 5.69. The van der Waals surface area contributed by atoms with Crippen LogP contribution in [0.2, 0.25) is 0 Å². The van der Waals surface area contributed by atoms with Gasteiger partial charge in [-0.25, -0.2) is 4.79 Å². The van der Waals surface area contributed by atoms with Crippen LogP contribution in [0.4, 0.5) is 4.79 Å². The summed E-state index contributed by atoms with van der Waals surface area (Å²) in [5.41, 5.74) is -0.236. The molecule has 1 aliphatic heterocycles. The normalized spacial score (nSPS) is 18.4. The second-order valence-electron chi connectivity index (χ2n) is 7.01. The molecular formula is C20H27N3O6. The number of esters is 1. The Kier molecular flexibility index (Phi) is 7.58. The predicted molar refractivity (Wildman–Crippen MR) is 104 cm³/mol. The molecule has 0 aliphatic carbocycles. The van der Waals surface area contributed by atoms with Crippen molar-refractivity contribution < 1.29 is 28.7 Å². The Bertz CT molecular complexity index is 781. The Morgan fingerprint density at radius 3 is 2.66 bits per heavy atom. The molecule has 0 spiro atoms. The average molecular weight is 405 g/mol. The number of unbranched alkanes of at least 4 members (excludes halogenated alkanes) is 1. The zero-order valence-electron chi connectivity index (χ0n) is 16.9. The number of methoxy groups -OCH3 is 1. The van der Waals surface area contributed by atoms with Gasteiger partial charge >= 0.3 is 12.0 Å². The molecule has 1 atom stereocenters. The van der Waals surface area contributed by atoms with Crippen LogP contribution in [0.1, 0.15) is 38.7 Å². The van der Waals surface area contributed by atoms with Gasteiger partial charge in [0, 0.05) is 12.1 Å². The molecule has 9 nitrogen and oxygen atoms in total. The van der Waals surface area contributed by atoms with E-state index < -0.39 is 42.5 Å². The molecule has 158 valence electrons. The second-order valence-corrected chi connectivity index (χ2v) is 7.01. The molecule has 0 unspecified atom stereocenters. The van der Waals surface area contributed by atoms with Crippen LogP contribution in [-0.4, -0.2) is 54.5 Å². The van der Waals surface area contributed by atoms with E-state index in [9.17, 15) is 19.2 Å². The Morgan fingerprint density at radius 1 is 1.24 bits per heavy atom. The van der Waals surface area contributed by atoms with E-state index >= 15 is 0 Å². The first-order chi connectivity index (χ1) is 13.8. The van der Waals surface area contributed by atoms with Crippen molar-refractivity contribution in [3.05, 3.63) is 29.8 Å². The summed E-state index contributed by atoms with van der Waals surface area (Å²) < 4.78 is 10.1. The number of amides is 4. The van der Waals surface area contributed by atoms with Crippen LogP contribution < -0.4 is 15.4 Å². The van der Waals surface area contributed by atoms with Gasteiger partial charge in [-0.1, -0.05) is 38.0 Å². The van der Waals surface area contributed by atoms with Crippen molar-refractivity contribution in [3.63, 3.8) is 0 Å². The lowest BCUT2D eigenvalue weighted by Gasteiger charge is -2.21. The van der Waals surface area contributed by atoms with Gasteiger partial charge in [0.1, 0.15) is 17.8 Å². The summed E-state index contributed by atoms with van der Waals surface area (Å²) in [6, 6.07) is 6.57. The molecule has 1 fully saturated rings. The Morgan fingerprint density at radius 2 is 1.97 bits per heavy atom. The maximum atomic E-state index is 12.5.